The second-order valence-corrected chi connectivity index (χ2v) is 11.5. The van der Waals surface area contributed by atoms with Crippen LogP contribution in [0.15, 0.2) is 126 Å². The Morgan fingerprint density at radius 1 is 0.476 bits per heavy atom. The Bertz CT molecular complexity index is 2420. The van der Waals surface area contributed by atoms with Crippen LogP contribution in [0.5, 0.6) is 0 Å². The summed E-state index contributed by atoms with van der Waals surface area (Å²) in [5.41, 5.74) is 8.52. The molecule has 0 aliphatic heterocycles. The predicted molar refractivity (Wildman–Crippen MR) is 172 cm³/mol. The van der Waals surface area contributed by atoms with Gasteiger partial charge in [0.25, 0.3) is 0 Å². The average Bonchev–Trinajstić information content (AvgIpc) is 3.62. The van der Waals surface area contributed by atoms with E-state index in [0.29, 0.717) is 11.1 Å². The lowest BCUT2D eigenvalue weighted by Crippen LogP contribution is -1.89. The highest BCUT2D eigenvalue weighted by Gasteiger charge is 2.15. The van der Waals surface area contributed by atoms with Gasteiger partial charge in [0.15, 0.2) is 0 Å². The van der Waals surface area contributed by atoms with Gasteiger partial charge in [-0.25, -0.2) is 0 Å². The number of para-hydroxylation sites is 2. The molecule has 3 nitrogen and oxygen atoms in total. The number of thiophene rings is 1. The van der Waals surface area contributed by atoms with Gasteiger partial charge in [0.2, 0.25) is 0 Å². The van der Waals surface area contributed by atoms with Gasteiger partial charge in [-0.15, -0.1) is 11.3 Å². The number of hydrogen-bond donors (Lipinski definition) is 0. The van der Waals surface area contributed by atoms with E-state index in [1.807, 2.05) is 30.3 Å². The van der Waals surface area contributed by atoms with Crippen molar-refractivity contribution in [3.8, 4) is 45.5 Å². The smallest absolute Gasteiger partial charge is 0.143 e. The SMILES string of the molecule is N#Cc1cc(C#N)cc(-c2cc(-c3ccc4c(c3)sc3ccccc34)cc(-c3cccc4c3oc3ccccc34)c2)c1. The molecule has 42 heavy (non-hydrogen) atoms. The van der Waals surface area contributed by atoms with Crippen LogP contribution in [0, 0.1) is 22.7 Å². The van der Waals surface area contributed by atoms with Crippen molar-refractivity contribution < 1.29 is 4.42 Å². The van der Waals surface area contributed by atoms with Gasteiger partial charge in [0, 0.05) is 36.5 Å². The van der Waals surface area contributed by atoms with Crippen molar-refractivity contribution in [2.24, 2.45) is 0 Å². The van der Waals surface area contributed by atoms with Gasteiger partial charge in [-0.05, 0) is 82.4 Å². The standard InChI is InChI=1S/C38H20N2OS/c39-21-23-14-24(22-40)16-26(15-23)28-17-27(25-12-13-33-32-7-2-4-11-36(32)42-37(33)20-25)18-29(19-28)30-8-5-9-34-31-6-1-3-10-35(31)41-38(30)34/h1-20H. The summed E-state index contributed by atoms with van der Waals surface area (Å²) in [5.74, 6) is 0. The number of rotatable bonds is 3. The maximum absolute atomic E-state index is 9.67. The lowest BCUT2D eigenvalue weighted by atomic mass is 9.91. The molecule has 0 N–H and O–H groups in total. The first-order valence-corrected chi connectivity index (χ1v) is 14.4. The van der Waals surface area contributed by atoms with Gasteiger partial charge in [-0.1, -0.05) is 66.7 Å². The number of hydrogen-bond acceptors (Lipinski definition) is 4. The van der Waals surface area contributed by atoms with Gasteiger partial charge in [-0.2, -0.15) is 10.5 Å². The number of nitrogens with zero attached hydrogens (tertiary/aromatic N) is 2. The van der Waals surface area contributed by atoms with Crippen LogP contribution >= 0.6 is 11.3 Å². The molecule has 8 aromatic rings. The van der Waals surface area contributed by atoms with E-state index in [2.05, 4.69) is 97.1 Å². The van der Waals surface area contributed by atoms with Crippen molar-refractivity contribution in [3.63, 3.8) is 0 Å². The van der Waals surface area contributed by atoms with Gasteiger partial charge in [0.1, 0.15) is 11.2 Å². The van der Waals surface area contributed by atoms with E-state index < -0.39 is 0 Å². The van der Waals surface area contributed by atoms with E-state index in [-0.39, 0.29) is 0 Å². The highest BCUT2D eigenvalue weighted by atomic mass is 32.1. The number of benzene rings is 6. The van der Waals surface area contributed by atoms with Gasteiger partial charge < -0.3 is 4.42 Å². The molecule has 0 saturated carbocycles. The Kier molecular flexibility index (Phi) is 5.44. The number of furan rings is 1. The van der Waals surface area contributed by atoms with Crippen molar-refractivity contribution in [2.45, 2.75) is 0 Å². The van der Waals surface area contributed by atoms with E-state index in [1.54, 1.807) is 17.4 Å². The zero-order valence-corrected chi connectivity index (χ0v) is 23.1. The minimum absolute atomic E-state index is 0.460. The van der Waals surface area contributed by atoms with Crippen LogP contribution in [0.3, 0.4) is 0 Å². The largest absolute Gasteiger partial charge is 0.455 e. The summed E-state index contributed by atoms with van der Waals surface area (Å²) in [7, 11) is 0. The molecule has 0 fully saturated rings. The fourth-order valence-corrected chi connectivity index (χ4v) is 7.07. The average molecular weight is 553 g/mol. The van der Waals surface area contributed by atoms with Gasteiger partial charge in [0.05, 0.1) is 23.3 Å². The molecule has 2 heterocycles. The summed E-state index contributed by atoms with van der Waals surface area (Å²) in [5, 5.41) is 24.0. The normalized spacial score (nSPS) is 11.3. The summed E-state index contributed by atoms with van der Waals surface area (Å²) in [6, 6.07) is 45.7. The topological polar surface area (TPSA) is 60.7 Å². The molecule has 0 saturated heterocycles. The minimum Gasteiger partial charge on any atom is -0.455 e. The van der Waals surface area contributed by atoms with E-state index in [1.165, 1.54) is 20.2 Å². The molecule has 0 radical (unpaired) electrons. The molecule has 6 aromatic carbocycles. The zero-order chi connectivity index (χ0) is 28.2. The summed E-state index contributed by atoms with van der Waals surface area (Å²) in [6.45, 7) is 0. The van der Waals surface area contributed by atoms with Crippen molar-refractivity contribution in [1.29, 1.82) is 10.5 Å². The molecule has 4 heteroatoms. The summed E-state index contributed by atoms with van der Waals surface area (Å²) >= 11 is 1.80. The lowest BCUT2D eigenvalue weighted by Gasteiger charge is -2.12. The third-order valence-corrected chi connectivity index (χ3v) is 9.02. The lowest BCUT2D eigenvalue weighted by molar-refractivity contribution is 0.670. The Hall–Kier alpha value is -5.68. The molecule has 2 aromatic heterocycles. The minimum atomic E-state index is 0.460. The Balaban J connectivity index is 1.39. The quantitative estimate of drug-likeness (QED) is 0.219. The van der Waals surface area contributed by atoms with Crippen LogP contribution in [0.25, 0.3) is 75.5 Å². The molecule has 8 rings (SSSR count). The summed E-state index contributed by atoms with van der Waals surface area (Å²) < 4.78 is 8.91. The molecular formula is C38H20N2OS. The maximum Gasteiger partial charge on any atom is 0.143 e. The van der Waals surface area contributed by atoms with Crippen LogP contribution in [0.4, 0.5) is 0 Å². The third-order valence-electron chi connectivity index (χ3n) is 7.88. The number of nitriles is 2. The van der Waals surface area contributed by atoms with E-state index in [4.69, 9.17) is 4.42 Å². The molecule has 0 amide bonds. The first-order valence-electron chi connectivity index (χ1n) is 13.6. The third kappa shape index (κ3) is 3.86. The zero-order valence-electron chi connectivity index (χ0n) is 22.3. The second-order valence-electron chi connectivity index (χ2n) is 10.4. The highest BCUT2D eigenvalue weighted by Crippen LogP contribution is 2.41. The van der Waals surface area contributed by atoms with Crippen LogP contribution in [0.1, 0.15) is 11.1 Å². The highest BCUT2D eigenvalue weighted by molar-refractivity contribution is 7.25. The molecule has 0 aliphatic rings. The van der Waals surface area contributed by atoms with Gasteiger partial charge >= 0.3 is 0 Å². The number of fused-ring (bicyclic) bond motifs is 6. The molecule has 0 spiro atoms. The fraction of sp³-hybridized carbons (Fsp3) is 0. The molecular weight excluding hydrogens is 532 g/mol. The Labute approximate surface area is 245 Å². The van der Waals surface area contributed by atoms with Gasteiger partial charge in [-0.3, -0.25) is 0 Å². The van der Waals surface area contributed by atoms with Crippen LogP contribution in [-0.4, -0.2) is 0 Å². The predicted octanol–water partition coefficient (Wildman–Crippen LogP) is 10.7. The summed E-state index contributed by atoms with van der Waals surface area (Å²) in [4.78, 5) is 0. The van der Waals surface area contributed by atoms with Crippen LogP contribution in [-0.2, 0) is 0 Å². The molecule has 194 valence electrons. The monoisotopic (exact) mass is 552 g/mol. The van der Waals surface area contributed by atoms with Crippen molar-refractivity contribution in [3.05, 3.63) is 132 Å². The fourth-order valence-electron chi connectivity index (χ4n) is 5.92. The molecule has 0 bridgehead atoms. The summed E-state index contributed by atoms with van der Waals surface area (Å²) in [6.07, 6.45) is 0. The Morgan fingerprint density at radius 2 is 1.12 bits per heavy atom. The first-order chi connectivity index (χ1) is 20.7. The maximum atomic E-state index is 9.67. The first kappa shape index (κ1) is 24.1. The second kappa shape index (κ2) is 9.46. The molecule has 0 aliphatic carbocycles. The van der Waals surface area contributed by atoms with Crippen molar-refractivity contribution in [1.82, 2.24) is 0 Å². The van der Waals surface area contributed by atoms with Crippen molar-refractivity contribution >= 4 is 53.4 Å². The van der Waals surface area contributed by atoms with E-state index in [0.717, 1.165) is 55.3 Å². The van der Waals surface area contributed by atoms with E-state index in [9.17, 15) is 10.5 Å². The van der Waals surface area contributed by atoms with E-state index >= 15 is 0 Å². The Morgan fingerprint density at radius 3 is 1.93 bits per heavy atom. The van der Waals surface area contributed by atoms with Crippen molar-refractivity contribution in [2.75, 3.05) is 0 Å². The molecule has 0 atom stereocenters. The molecule has 0 unspecified atom stereocenters. The van der Waals surface area contributed by atoms with Crippen LogP contribution < -0.4 is 0 Å². The van der Waals surface area contributed by atoms with Crippen LogP contribution in [0.2, 0.25) is 0 Å².